The molecule has 0 N–H and O–H groups in total. The zero-order valence-corrected chi connectivity index (χ0v) is 59.9. The highest BCUT2D eigenvalue weighted by Gasteiger charge is 2.26. The Morgan fingerprint density at radius 3 is 1.43 bits per heavy atom. The van der Waals surface area contributed by atoms with Crippen LogP contribution in [0.5, 0.6) is 0 Å². The second kappa shape index (κ2) is 26.5. The molecule has 0 radical (unpaired) electrons. The van der Waals surface area contributed by atoms with Gasteiger partial charge in [0.25, 0.3) is 0 Å². The Labute approximate surface area is 707 Å². The van der Waals surface area contributed by atoms with E-state index in [9.17, 15) is 17.8 Å². The van der Waals surface area contributed by atoms with Crippen molar-refractivity contribution in [1.82, 2.24) is 39.0 Å². The highest BCUT2D eigenvalue weighted by Crippen LogP contribution is 2.49. The van der Waals surface area contributed by atoms with E-state index in [1.165, 1.54) is 4.57 Å². The third-order valence-corrected chi connectivity index (χ3v) is 22.0. The summed E-state index contributed by atoms with van der Waals surface area (Å²) in [5, 5.41) is 1.13. The van der Waals surface area contributed by atoms with Crippen LogP contribution >= 0.6 is 22.7 Å². The van der Waals surface area contributed by atoms with Crippen molar-refractivity contribution in [2.75, 3.05) is 0 Å². The number of nitrogens with zero attached hydrogens (tertiary/aromatic N) is 8. The Morgan fingerprint density at radius 2 is 0.754 bits per heavy atom. The van der Waals surface area contributed by atoms with Crippen molar-refractivity contribution in [3.8, 4) is 102 Å². The molecule has 8 heterocycles. The zero-order chi connectivity index (χ0) is 104. The first kappa shape index (κ1) is 39.7. The number of rotatable bonds is 10. The lowest BCUT2D eigenvalue weighted by molar-refractivity contribution is 0.668. The van der Waals surface area contributed by atoms with Gasteiger partial charge in [-0.05, 0) is 117 Å². The molecule has 0 aliphatic carbocycles. The molecule has 16 aromatic carbocycles. The van der Waals surface area contributed by atoms with E-state index in [0.717, 1.165) is 49.1 Å². The van der Waals surface area contributed by atoms with Gasteiger partial charge < -0.3 is 8.83 Å². The van der Waals surface area contributed by atoms with Crippen molar-refractivity contribution in [2.45, 2.75) is 0 Å². The summed E-state index contributed by atoms with van der Waals surface area (Å²) >= 11 is 1.99. The van der Waals surface area contributed by atoms with Crippen molar-refractivity contribution in [3.63, 3.8) is 0 Å². The first-order chi connectivity index (χ1) is 70.7. The third-order valence-electron chi connectivity index (χ3n) is 19.7. The maximum atomic E-state index is 9.79. The lowest BCUT2D eigenvalue weighted by Gasteiger charge is -2.11. The lowest BCUT2D eigenvalue weighted by atomic mass is 9.99. The molecule has 12 heteroatoms. The Morgan fingerprint density at radius 1 is 0.246 bits per heavy atom. The minimum Gasteiger partial charge on any atom is -0.456 e. The summed E-state index contributed by atoms with van der Waals surface area (Å²) in [7, 11) is 0. The van der Waals surface area contributed by atoms with E-state index >= 15 is 0 Å². The topological polar surface area (TPSA) is 113 Å². The van der Waals surface area contributed by atoms with Gasteiger partial charge in [-0.25, -0.2) is 9.97 Å². The molecule has 0 aliphatic heterocycles. The maximum absolute atomic E-state index is 9.79. The Balaban J connectivity index is 0.000000166. The molecular weight excluding hydrogens is 1430 g/mol. The quantitative estimate of drug-likeness (QED) is 0.133. The molecule has 0 aliphatic rings. The van der Waals surface area contributed by atoms with Gasteiger partial charge in [0.05, 0.1) is 68.7 Å². The summed E-state index contributed by atoms with van der Waals surface area (Å²) in [6.45, 7) is 0. The van der Waals surface area contributed by atoms with Gasteiger partial charge in [-0.3, -0.25) is 9.13 Å². The lowest BCUT2D eigenvalue weighted by Crippen LogP contribution is -2.06. The summed E-state index contributed by atoms with van der Waals surface area (Å²) in [5.41, 5.74) is 1.34. The van der Waals surface area contributed by atoms with Crippen LogP contribution in [-0.2, 0) is 0 Å². The fourth-order valence-electron chi connectivity index (χ4n) is 14.6. The van der Waals surface area contributed by atoms with Crippen molar-refractivity contribution in [1.29, 1.82) is 0 Å². The number of aromatic nitrogens is 8. The number of thiophene rings is 2. The van der Waals surface area contributed by atoms with E-state index in [1.54, 1.807) is 54.6 Å². The molecule has 24 aromatic rings. The SMILES string of the molecule is [2H]c1c(-c2ccccc2)c([2H])c2c(sc3c2c([2H])c([2H])c2c3c3c([2H])c([2H])c([2H])c([2H])c3n2-c2nc(-c3ccccc3)nc(-c3ccc4c(c3)oc3cccc(-c5ccccc5)c34)n2)c1[2H].[2H]c1c([2H])c([2H])c(-c2nc(-c3c([2H])c([2H])c4c(oc5c([2H])c([2H])c([2H])c(-c6c([2H])c([2H])c([2H])c([2H])c6[2H])c54)c3[2H])nc(-n3c4c([2H])c([2H])c([2H])c([2H])c4c4c5sc6c(-c7ccccc7)c([2H])c([2H])c([2H])c6c5c([2H])c([2H])c43)n2)c([2H])c1[2H]. The van der Waals surface area contributed by atoms with Crippen molar-refractivity contribution < 1.29 is 55.4 Å². The summed E-state index contributed by atoms with van der Waals surface area (Å²) in [6.07, 6.45) is 0. The van der Waals surface area contributed by atoms with Gasteiger partial charge in [-0.2, -0.15) is 19.9 Å². The summed E-state index contributed by atoms with van der Waals surface area (Å²) in [6, 6.07) is 26.4. The maximum Gasteiger partial charge on any atom is 0.238 e. The largest absolute Gasteiger partial charge is 0.456 e. The Hall–Kier alpha value is -14.8. The number of para-hydroxylation sites is 2. The molecule has 0 spiro atoms. The van der Waals surface area contributed by atoms with Crippen LogP contribution in [0.25, 0.3) is 230 Å². The summed E-state index contributed by atoms with van der Waals surface area (Å²) < 4.78 is 324. The Kier molecular flexibility index (Phi) is 9.22. The zero-order valence-electron chi connectivity index (χ0n) is 92.2. The second-order valence-electron chi connectivity index (χ2n) is 26.1. The smallest absolute Gasteiger partial charge is 0.238 e. The molecule has 10 nitrogen and oxygen atoms in total. The first-order valence-corrected chi connectivity index (χ1v) is 36.9. The van der Waals surface area contributed by atoms with Crippen LogP contribution < -0.4 is 0 Å². The molecule has 0 bridgehead atoms. The van der Waals surface area contributed by atoms with Gasteiger partial charge in [-0.1, -0.05) is 291 Å². The standard InChI is InChI=1S/2C51H30N4OS/c1-4-14-31(15-5-1)35-21-13-25-43-45(35)40-27-26-34(30-44(40)56-43)50-52-49(33-18-8-3-9-19-33)53-51(54-50)55-41-24-11-10-20-39(41)46-42(55)29-28-38-37-23-12-22-36(47(37)57-48(38)46)32-16-6-2-7-17-32;1-4-13-31(14-5-1)34-24-28-45-40(29-34)37-26-27-42-47(48(37)57-45)38-19-10-11-21-41(38)55(42)51-53-49(33-17-8-3-9-18-33)52-50(54-51)35-23-25-39-44(30-35)56-43-22-12-20-36(46(39)43)32-15-6-2-7-16-32/h2*1-30H/i1D,3D,4D,5D,8D,9D,10D,11D,12D,13D,14D,15D,18D,19D,20D,21D,22D,23D,24D,25D,26D,27D,28D,29D,30D;10D,11D,19D,21D,24D,26D,27D,28D,29D. The first-order valence-electron chi connectivity index (χ1n) is 52.3. The minimum atomic E-state index is -0.932. The fourth-order valence-corrected chi connectivity index (χ4v) is 17.0. The van der Waals surface area contributed by atoms with Gasteiger partial charge in [0.2, 0.25) is 11.9 Å². The highest BCUT2D eigenvalue weighted by molar-refractivity contribution is 7.27. The van der Waals surface area contributed by atoms with Gasteiger partial charge in [0.15, 0.2) is 23.3 Å². The van der Waals surface area contributed by atoms with Crippen LogP contribution in [0.1, 0.15) is 46.6 Å². The van der Waals surface area contributed by atoms with E-state index < -0.39 is 230 Å². The number of hydrogen-bond donors (Lipinski definition) is 0. The van der Waals surface area contributed by atoms with Crippen molar-refractivity contribution in [3.05, 3.63) is 363 Å². The molecular formula is C102H60N8O2S2. The van der Waals surface area contributed by atoms with Gasteiger partial charge in [0.1, 0.15) is 22.3 Å². The number of fused-ring (bicyclic) bond motifs is 20. The van der Waals surface area contributed by atoms with Crippen molar-refractivity contribution >= 4 is 151 Å². The predicted molar refractivity (Wildman–Crippen MR) is 472 cm³/mol. The van der Waals surface area contributed by atoms with Gasteiger partial charge in [0, 0.05) is 106 Å². The van der Waals surface area contributed by atoms with Crippen LogP contribution in [0.15, 0.2) is 372 Å². The van der Waals surface area contributed by atoms with Crippen LogP contribution in [-0.4, -0.2) is 39.0 Å². The summed E-state index contributed by atoms with van der Waals surface area (Å²) in [4.78, 5) is 28.6. The van der Waals surface area contributed by atoms with E-state index in [1.807, 2.05) is 84.9 Å². The van der Waals surface area contributed by atoms with Crippen LogP contribution in [0.3, 0.4) is 0 Å². The fraction of sp³-hybridized carbons (Fsp3) is 0. The molecule has 0 atom stereocenters. The molecule has 0 saturated carbocycles. The number of hydrogen-bond acceptors (Lipinski definition) is 10. The van der Waals surface area contributed by atoms with E-state index in [-0.39, 0.29) is 145 Å². The van der Waals surface area contributed by atoms with Crippen LogP contribution in [0.4, 0.5) is 0 Å². The molecule has 0 unspecified atom stereocenters. The molecule has 0 fully saturated rings. The highest BCUT2D eigenvalue weighted by atomic mass is 32.1. The molecule has 532 valence electrons. The Bertz CT molecular complexity index is 10100. The average Bonchev–Trinajstić information content (AvgIpc) is 1.52. The monoisotopic (exact) mass is 1530 g/mol. The second-order valence-corrected chi connectivity index (χ2v) is 28.2. The number of benzene rings is 16. The van der Waals surface area contributed by atoms with Gasteiger partial charge in [-0.15, -0.1) is 22.7 Å². The molecule has 8 aromatic heterocycles. The third kappa shape index (κ3) is 10.7. The van der Waals surface area contributed by atoms with Crippen molar-refractivity contribution in [2.24, 2.45) is 0 Å². The predicted octanol–water partition coefficient (Wildman–Crippen LogP) is 27.8. The molecule has 0 saturated heterocycles. The van der Waals surface area contributed by atoms with E-state index in [0.29, 0.717) is 38.1 Å². The average molecular weight is 1530 g/mol. The summed E-state index contributed by atoms with van der Waals surface area (Å²) in [5.74, 6) is -1.94. The number of furan rings is 2. The normalized spacial score (nSPS) is 16.0. The van der Waals surface area contributed by atoms with E-state index in [4.69, 9.17) is 52.6 Å². The molecule has 24 rings (SSSR count). The van der Waals surface area contributed by atoms with E-state index in [2.05, 4.69) is 33.2 Å². The van der Waals surface area contributed by atoms with Crippen LogP contribution in [0.2, 0.25) is 0 Å². The molecule has 114 heavy (non-hydrogen) atoms. The molecule has 0 amide bonds. The van der Waals surface area contributed by atoms with Crippen LogP contribution in [0, 0.1) is 0 Å². The minimum absolute atomic E-state index is 0.00177. The van der Waals surface area contributed by atoms with Gasteiger partial charge >= 0.3 is 0 Å².